The van der Waals surface area contributed by atoms with Crippen LogP contribution in [0.5, 0.6) is 0 Å². The topological polar surface area (TPSA) is 29.1 Å². The van der Waals surface area contributed by atoms with Crippen LogP contribution >= 0.6 is 0 Å². The predicted molar refractivity (Wildman–Crippen MR) is 55.0 cm³/mol. The quantitative estimate of drug-likeness (QED) is 0.775. The minimum Gasteiger partial charge on any atom is -0.322 e. The Kier molecular flexibility index (Phi) is 3.37. The minimum absolute atomic E-state index is 0.139. The number of carbonyl (C=O) groups is 1. The summed E-state index contributed by atoms with van der Waals surface area (Å²) in [6.45, 7) is 4.83. The Bertz CT molecular complexity index is 424. The van der Waals surface area contributed by atoms with Crippen LogP contribution in [0.25, 0.3) is 0 Å². The van der Waals surface area contributed by atoms with Gasteiger partial charge in [0.05, 0.1) is 5.56 Å². The molecule has 1 rings (SSSR count). The highest BCUT2D eigenvalue weighted by atomic mass is 19.4. The van der Waals surface area contributed by atoms with Crippen molar-refractivity contribution in [2.24, 2.45) is 0 Å². The Hall–Kier alpha value is -1.78. The molecule has 0 fully saturated rings. The van der Waals surface area contributed by atoms with Crippen LogP contribution in [-0.2, 0) is 11.0 Å². The van der Waals surface area contributed by atoms with Crippen molar-refractivity contribution < 1.29 is 18.0 Å². The van der Waals surface area contributed by atoms with Gasteiger partial charge in [-0.15, -0.1) is 0 Å². The molecule has 1 N–H and O–H groups in total. The van der Waals surface area contributed by atoms with Crippen LogP contribution in [0.4, 0.5) is 18.9 Å². The fourth-order valence-corrected chi connectivity index (χ4v) is 1.12. The standard InChI is InChI=1S/C11H10F3NO/c1-3-10(16)15-9-6-8(11(12,13)14)5-4-7(9)2/h3-6H,1H2,2H3,(H,15,16). The molecule has 0 aliphatic heterocycles. The Labute approximate surface area is 90.8 Å². The zero-order valence-electron chi connectivity index (χ0n) is 8.56. The normalized spacial score (nSPS) is 11.0. The first-order valence-corrected chi connectivity index (χ1v) is 4.46. The number of aryl methyl sites for hydroxylation is 1. The second-order valence-electron chi connectivity index (χ2n) is 3.22. The fraction of sp³-hybridized carbons (Fsp3) is 0.182. The van der Waals surface area contributed by atoms with Crippen LogP contribution in [0.3, 0.4) is 0 Å². The van der Waals surface area contributed by atoms with E-state index >= 15 is 0 Å². The third-order valence-electron chi connectivity index (χ3n) is 2.01. The number of alkyl halides is 3. The summed E-state index contributed by atoms with van der Waals surface area (Å²) in [5.74, 6) is -0.539. The summed E-state index contributed by atoms with van der Waals surface area (Å²) in [6, 6.07) is 3.18. The molecule has 0 atom stereocenters. The molecule has 0 heterocycles. The molecular weight excluding hydrogens is 219 g/mol. The molecule has 1 aromatic rings. The zero-order chi connectivity index (χ0) is 12.3. The summed E-state index contributed by atoms with van der Waals surface area (Å²) in [4.78, 5) is 11.0. The highest BCUT2D eigenvalue weighted by Crippen LogP contribution is 2.31. The summed E-state index contributed by atoms with van der Waals surface area (Å²) in [5, 5.41) is 2.32. The molecule has 2 nitrogen and oxygen atoms in total. The van der Waals surface area contributed by atoms with Gasteiger partial charge in [-0.1, -0.05) is 12.6 Å². The van der Waals surface area contributed by atoms with Gasteiger partial charge < -0.3 is 5.32 Å². The largest absolute Gasteiger partial charge is 0.416 e. The van der Waals surface area contributed by atoms with Gasteiger partial charge in [0, 0.05) is 5.69 Å². The van der Waals surface area contributed by atoms with E-state index in [2.05, 4.69) is 11.9 Å². The van der Waals surface area contributed by atoms with Gasteiger partial charge in [0.25, 0.3) is 0 Å². The second-order valence-corrected chi connectivity index (χ2v) is 3.22. The number of anilines is 1. The van der Waals surface area contributed by atoms with Gasteiger partial charge in [-0.3, -0.25) is 4.79 Å². The van der Waals surface area contributed by atoms with Crippen molar-refractivity contribution in [3.05, 3.63) is 42.0 Å². The van der Waals surface area contributed by atoms with E-state index < -0.39 is 17.6 Å². The van der Waals surface area contributed by atoms with E-state index in [0.29, 0.717) is 5.56 Å². The Morgan fingerprint density at radius 2 is 2.06 bits per heavy atom. The van der Waals surface area contributed by atoms with Gasteiger partial charge in [0.1, 0.15) is 0 Å². The van der Waals surface area contributed by atoms with E-state index in [4.69, 9.17) is 0 Å². The van der Waals surface area contributed by atoms with E-state index in [-0.39, 0.29) is 5.69 Å². The number of hydrogen-bond acceptors (Lipinski definition) is 1. The minimum atomic E-state index is -4.42. The Morgan fingerprint density at radius 1 is 1.44 bits per heavy atom. The fourth-order valence-electron chi connectivity index (χ4n) is 1.12. The number of amides is 1. The van der Waals surface area contributed by atoms with Crippen LogP contribution in [0.1, 0.15) is 11.1 Å². The lowest BCUT2D eigenvalue weighted by Gasteiger charge is -2.11. The first-order chi connectivity index (χ1) is 7.34. The lowest BCUT2D eigenvalue weighted by atomic mass is 10.1. The highest BCUT2D eigenvalue weighted by molar-refractivity contribution is 5.99. The third kappa shape index (κ3) is 2.85. The third-order valence-corrected chi connectivity index (χ3v) is 2.01. The molecular formula is C11H10F3NO. The number of carbonyl (C=O) groups excluding carboxylic acids is 1. The molecule has 0 aliphatic rings. The zero-order valence-corrected chi connectivity index (χ0v) is 8.56. The summed E-state index contributed by atoms with van der Waals surface area (Å²) in [5.41, 5.74) is -0.0969. The molecule has 0 aromatic heterocycles. The molecule has 0 unspecified atom stereocenters. The smallest absolute Gasteiger partial charge is 0.322 e. The van der Waals surface area contributed by atoms with E-state index in [1.807, 2.05) is 0 Å². The maximum absolute atomic E-state index is 12.4. The van der Waals surface area contributed by atoms with Gasteiger partial charge in [-0.05, 0) is 30.7 Å². The van der Waals surface area contributed by atoms with Gasteiger partial charge in [-0.25, -0.2) is 0 Å². The second kappa shape index (κ2) is 4.38. The molecule has 1 amide bonds. The van der Waals surface area contributed by atoms with Crippen molar-refractivity contribution >= 4 is 11.6 Å². The van der Waals surface area contributed by atoms with Crippen molar-refractivity contribution in [3.63, 3.8) is 0 Å². The Morgan fingerprint density at radius 3 is 2.56 bits per heavy atom. The number of hydrogen-bond donors (Lipinski definition) is 1. The summed E-state index contributed by atoms with van der Waals surface area (Å²) < 4.78 is 37.2. The summed E-state index contributed by atoms with van der Waals surface area (Å²) in [6.07, 6.45) is -3.42. The SMILES string of the molecule is C=CC(=O)Nc1cc(C(F)(F)F)ccc1C. The van der Waals surface area contributed by atoms with Gasteiger partial charge >= 0.3 is 6.18 Å². The maximum atomic E-state index is 12.4. The molecule has 0 aliphatic carbocycles. The first kappa shape index (κ1) is 12.3. The van der Waals surface area contributed by atoms with Gasteiger partial charge in [-0.2, -0.15) is 13.2 Å². The monoisotopic (exact) mass is 229 g/mol. The molecule has 5 heteroatoms. The molecule has 86 valence electrons. The van der Waals surface area contributed by atoms with E-state index in [0.717, 1.165) is 18.2 Å². The van der Waals surface area contributed by atoms with Crippen molar-refractivity contribution in [1.29, 1.82) is 0 Å². The van der Waals surface area contributed by atoms with Crippen molar-refractivity contribution in [2.45, 2.75) is 13.1 Å². The highest BCUT2D eigenvalue weighted by Gasteiger charge is 2.30. The molecule has 0 saturated carbocycles. The molecule has 0 bridgehead atoms. The van der Waals surface area contributed by atoms with Gasteiger partial charge in [0.2, 0.25) is 5.91 Å². The number of nitrogens with one attached hydrogen (secondary N) is 1. The van der Waals surface area contributed by atoms with Crippen LogP contribution < -0.4 is 5.32 Å². The van der Waals surface area contributed by atoms with Crippen LogP contribution in [0, 0.1) is 6.92 Å². The Balaban J connectivity index is 3.09. The number of benzene rings is 1. The average Bonchev–Trinajstić information content (AvgIpc) is 2.19. The maximum Gasteiger partial charge on any atom is 0.416 e. The van der Waals surface area contributed by atoms with Crippen LogP contribution in [0.2, 0.25) is 0 Å². The molecule has 16 heavy (non-hydrogen) atoms. The lowest BCUT2D eigenvalue weighted by molar-refractivity contribution is -0.137. The van der Waals surface area contributed by atoms with Gasteiger partial charge in [0.15, 0.2) is 0 Å². The summed E-state index contributed by atoms with van der Waals surface area (Å²) in [7, 11) is 0. The molecule has 1 aromatic carbocycles. The first-order valence-electron chi connectivity index (χ1n) is 4.46. The lowest BCUT2D eigenvalue weighted by Crippen LogP contribution is -2.11. The van der Waals surface area contributed by atoms with E-state index in [9.17, 15) is 18.0 Å². The van der Waals surface area contributed by atoms with E-state index in [1.165, 1.54) is 6.07 Å². The summed E-state index contributed by atoms with van der Waals surface area (Å²) >= 11 is 0. The molecule has 0 saturated heterocycles. The van der Waals surface area contributed by atoms with Crippen LogP contribution in [-0.4, -0.2) is 5.91 Å². The van der Waals surface area contributed by atoms with Crippen molar-refractivity contribution in [2.75, 3.05) is 5.32 Å². The van der Waals surface area contributed by atoms with Crippen LogP contribution in [0.15, 0.2) is 30.9 Å². The number of rotatable bonds is 2. The molecule has 0 spiro atoms. The van der Waals surface area contributed by atoms with E-state index in [1.54, 1.807) is 6.92 Å². The van der Waals surface area contributed by atoms with Crippen molar-refractivity contribution in [3.8, 4) is 0 Å². The van der Waals surface area contributed by atoms with Crippen molar-refractivity contribution in [1.82, 2.24) is 0 Å². The predicted octanol–water partition coefficient (Wildman–Crippen LogP) is 3.14. The average molecular weight is 229 g/mol. The molecule has 0 radical (unpaired) electrons. The number of halogens is 3.